The van der Waals surface area contributed by atoms with Crippen LogP contribution in [0.3, 0.4) is 0 Å². The van der Waals surface area contributed by atoms with Crippen molar-refractivity contribution in [1.29, 1.82) is 0 Å². The first-order valence-electron chi connectivity index (χ1n) is 8.55. The Balaban J connectivity index is 1.69. The quantitative estimate of drug-likeness (QED) is 0.696. The van der Waals surface area contributed by atoms with Gasteiger partial charge in [0.25, 0.3) is 11.3 Å². The summed E-state index contributed by atoms with van der Waals surface area (Å²) in [5.41, 5.74) is 0.586. The van der Waals surface area contributed by atoms with E-state index in [9.17, 15) is 9.59 Å². The number of rotatable bonds is 6. The van der Waals surface area contributed by atoms with Gasteiger partial charge in [-0.2, -0.15) is 0 Å². The van der Waals surface area contributed by atoms with Crippen molar-refractivity contribution in [3.63, 3.8) is 0 Å². The van der Waals surface area contributed by atoms with E-state index in [4.69, 9.17) is 20.9 Å². The topological polar surface area (TPSA) is 99.2 Å². The summed E-state index contributed by atoms with van der Waals surface area (Å²) in [5.74, 6) is 0.498. The number of methoxy groups -OCH3 is 1. The van der Waals surface area contributed by atoms with Crippen LogP contribution in [0.15, 0.2) is 33.8 Å². The molecule has 27 heavy (non-hydrogen) atoms. The minimum atomic E-state index is -0.339. The molecule has 9 heteroatoms. The zero-order valence-electron chi connectivity index (χ0n) is 14.6. The molecule has 1 fully saturated rings. The van der Waals surface area contributed by atoms with E-state index < -0.39 is 0 Å². The van der Waals surface area contributed by atoms with Crippen LogP contribution in [0.25, 0.3) is 22.4 Å². The highest BCUT2D eigenvalue weighted by atomic mass is 35.5. The van der Waals surface area contributed by atoms with Crippen LogP contribution in [-0.2, 0) is 11.3 Å². The molecule has 4 rings (SSSR count). The summed E-state index contributed by atoms with van der Waals surface area (Å²) >= 11 is 6.27. The van der Waals surface area contributed by atoms with Crippen molar-refractivity contribution in [2.75, 3.05) is 7.11 Å². The first kappa shape index (κ1) is 17.5. The molecular formula is C18H17ClN4O4. The van der Waals surface area contributed by atoms with Gasteiger partial charge in [0.2, 0.25) is 5.91 Å². The van der Waals surface area contributed by atoms with Crippen LogP contribution < -0.4 is 15.6 Å². The fourth-order valence-electron chi connectivity index (χ4n) is 2.79. The number of ether oxygens (including phenoxy) is 1. The summed E-state index contributed by atoms with van der Waals surface area (Å²) in [7, 11) is 1.54. The van der Waals surface area contributed by atoms with Crippen molar-refractivity contribution in [3.05, 3.63) is 39.9 Å². The Bertz CT molecular complexity index is 1070. The maximum Gasteiger partial charge on any atom is 0.266 e. The maximum absolute atomic E-state index is 12.9. The molecule has 0 aliphatic heterocycles. The number of carbonyl (C=O) groups excluding carboxylic acids is 1. The molecule has 0 spiro atoms. The Labute approximate surface area is 159 Å². The van der Waals surface area contributed by atoms with Gasteiger partial charge in [-0.1, -0.05) is 16.8 Å². The third-order valence-electron chi connectivity index (χ3n) is 4.41. The number of amides is 1. The number of nitrogens with one attached hydrogen (secondary N) is 1. The minimum Gasteiger partial charge on any atom is -0.497 e. The van der Waals surface area contributed by atoms with Gasteiger partial charge in [-0.3, -0.25) is 14.2 Å². The molecule has 1 amide bonds. The van der Waals surface area contributed by atoms with E-state index >= 15 is 0 Å². The lowest BCUT2D eigenvalue weighted by Crippen LogP contribution is -2.28. The van der Waals surface area contributed by atoms with E-state index in [1.54, 1.807) is 18.2 Å². The SMILES string of the molecule is COc1ccc(Cl)c(-c2noc3ncn(CCC(=O)NC4CC4)c(=O)c23)c1. The lowest BCUT2D eigenvalue weighted by atomic mass is 10.1. The highest BCUT2D eigenvalue weighted by Gasteiger charge is 2.23. The molecule has 140 valence electrons. The lowest BCUT2D eigenvalue weighted by Gasteiger charge is -2.07. The van der Waals surface area contributed by atoms with Crippen molar-refractivity contribution >= 4 is 28.6 Å². The maximum atomic E-state index is 12.9. The van der Waals surface area contributed by atoms with Crippen LogP contribution in [0.4, 0.5) is 0 Å². The average molecular weight is 389 g/mol. The van der Waals surface area contributed by atoms with Crippen molar-refractivity contribution in [1.82, 2.24) is 20.0 Å². The molecule has 0 saturated heterocycles. The van der Waals surface area contributed by atoms with Gasteiger partial charge in [0.05, 0.1) is 12.1 Å². The molecule has 2 heterocycles. The summed E-state index contributed by atoms with van der Waals surface area (Å²) in [6.45, 7) is 0.219. The number of hydrogen-bond acceptors (Lipinski definition) is 6. The van der Waals surface area contributed by atoms with Crippen molar-refractivity contribution in [2.45, 2.75) is 31.8 Å². The van der Waals surface area contributed by atoms with Crippen LogP contribution >= 0.6 is 11.6 Å². The first-order chi connectivity index (χ1) is 13.1. The van der Waals surface area contributed by atoms with Gasteiger partial charge in [0.15, 0.2) is 0 Å². The second kappa shape index (κ2) is 7.03. The molecule has 0 unspecified atom stereocenters. The Kier molecular flexibility index (Phi) is 4.57. The summed E-state index contributed by atoms with van der Waals surface area (Å²) < 4.78 is 11.8. The third kappa shape index (κ3) is 3.52. The van der Waals surface area contributed by atoms with E-state index in [-0.39, 0.29) is 41.6 Å². The van der Waals surface area contributed by atoms with E-state index in [1.807, 2.05) is 0 Å². The second-order valence-corrected chi connectivity index (χ2v) is 6.80. The predicted molar refractivity (Wildman–Crippen MR) is 98.8 cm³/mol. The Morgan fingerprint density at radius 2 is 2.26 bits per heavy atom. The number of carbonyl (C=O) groups is 1. The predicted octanol–water partition coefficient (Wildman–Crippen LogP) is 2.38. The van der Waals surface area contributed by atoms with Crippen LogP contribution in [0.5, 0.6) is 5.75 Å². The van der Waals surface area contributed by atoms with Crippen molar-refractivity contribution in [2.24, 2.45) is 0 Å². The molecule has 0 bridgehead atoms. The monoisotopic (exact) mass is 388 g/mol. The van der Waals surface area contributed by atoms with Gasteiger partial charge in [0, 0.05) is 24.6 Å². The Morgan fingerprint density at radius 3 is 3.00 bits per heavy atom. The van der Waals surface area contributed by atoms with Gasteiger partial charge >= 0.3 is 0 Å². The highest BCUT2D eigenvalue weighted by Crippen LogP contribution is 2.33. The first-order valence-corrected chi connectivity index (χ1v) is 8.92. The summed E-state index contributed by atoms with van der Waals surface area (Å²) in [6.07, 6.45) is 3.59. The second-order valence-electron chi connectivity index (χ2n) is 6.39. The minimum absolute atomic E-state index is 0.0779. The number of aromatic nitrogens is 3. The van der Waals surface area contributed by atoms with Gasteiger partial charge in [-0.05, 0) is 31.0 Å². The average Bonchev–Trinajstić information content (AvgIpc) is 3.37. The largest absolute Gasteiger partial charge is 0.497 e. The standard InChI is InChI=1S/C18H17ClN4O4/c1-26-11-4-5-13(19)12(8-11)16-15-17(27-22-16)20-9-23(18(15)25)7-6-14(24)21-10-2-3-10/h4-5,8-10H,2-3,6-7H2,1H3,(H,21,24). The fourth-order valence-corrected chi connectivity index (χ4v) is 2.99. The molecular weight excluding hydrogens is 372 g/mol. The summed E-state index contributed by atoms with van der Waals surface area (Å²) in [5, 5.41) is 7.50. The number of benzene rings is 1. The summed E-state index contributed by atoms with van der Waals surface area (Å²) in [6, 6.07) is 5.34. The zero-order valence-corrected chi connectivity index (χ0v) is 15.3. The van der Waals surface area contributed by atoms with E-state index in [0.29, 0.717) is 22.0 Å². The number of hydrogen-bond donors (Lipinski definition) is 1. The van der Waals surface area contributed by atoms with Gasteiger partial charge in [-0.15, -0.1) is 0 Å². The van der Waals surface area contributed by atoms with E-state index in [2.05, 4.69) is 15.5 Å². The summed E-state index contributed by atoms with van der Waals surface area (Å²) in [4.78, 5) is 28.9. The zero-order chi connectivity index (χ0) is 19.0. The van der Waals surface area contributed by atoms with Crippen LogP contribution in [0.1, 0.15) is 19.3 Å². The van der Waals surface area contributed by atoms with Crippen molar-refractivity contribution in [3.8, 4) is 17.0 Å². The van der Waals surface area contributed by atoms with Gasteiger partial charge < -0.3 is 14.6 Å². The normalized spacial score (nSPS) is 13.7. The fraction of sp³-hybridized carbons (Fsp3) is 0.333. The number of halogens is 1. The molecule has 1 N–H and O–H groups in total. The Hall–Kier alpha value is -2.87. The molecule has 1 aliphatic rings. The molecule has 8 nitrogen and oxygen atoms in total. The number of nitrogens with zero attached hydrogens (tertiary/aromatic N) is 3. The lowest BCUT2D eigenvalue weighted by molar-refractivity contribution is -0.121. The molecule has 2 aromatic heterocycles. The Morgan fingerprint density at radius 1 is 1.44 bits per heavy atom. The van der Waals surface area contributed by atoms with Gasteiger partial charge in [-0.25, -0.2) is 4.98 Å². The van der Waals surface area contributed by atoms with Crippen LogP contribution in [0.2, 0.25) is 5.02 Å². The number of fused-ring (bicyclic) bond motifs is 1. The van der Waals surface area contributed by atoms with Crippen LogP contribution in [-0.4, -0.2) is 33.8 Å². The molecule has 3 aromatic rings. The smallest absolute Gasteiger partial charge is 0.266 e. The molecule has 1 aromatic carbocycles. The van der Waals surface area contributed by atoms with Crippen molar-refractivity contribution < 1.29 is 14.1 Å². The third-order valence-corrected chi connectivity index (χ3v) is 4.74. The highest BCUT2D eigenvalue weighted by molar-refractivity contribution is 6.33. The van der Waals surface area contributed by atoms with Crippen LogP contribution in [0, 0.1) is 0 Å². The van der Waals surface area contributed by atoms with E-state index in [1.165, 1.54) is 18.0 Å². The van der Waals surface area contributed by atoms with E-state index in [0.717, 1.165) is 12.8 Å². The number of aryl methyl sites for hydroxylation is 1. The molecule has 1 saturated carbocycles. The molecule has 0 radical (unpaired) electrons. The molecule has 1 aliphatic carbocycles. The van der Waals surface area contributed by atoms with Gasteiger partial charge in [0.1, 0.15) is 23.2 Å². The molecule has 0 atom stereocenters.